The van der Waals surface area contributed by atoms with Crippen molar-refractivity contribution in [2.24, 2.45) is 0 Å². The summed E-state index contributed by atoms with van der Waals surface area (Å²) in [5, 5.41) is 2.70. The molecule has 9 aromatic carbocycles. The molecule has 54 heavy (non-hydrogen) atoms. The van der Waals surface area contributed by atoms with Crippen LogP contribution in [0.25, 0.3) is 66.4 Å². The van der Waals surface area contributed by atoms with Gasteiger partial charge in [0.05, 0.1) is 0 Å². The predicted octanol–water partition coefficient (Wildman–Crippen LogP) is 14.2. The van der Waals surface area contributed by atoms with E-state index in [4.69, 9.17) is 0 Å². The van der Waals surface area contributed by atoms with Crippen LogP contribution in [0, 0.1) is 0 Å². The summed E-state index contributed by atoms with van der Waals surface area (Å²) in [5.74, 6) is 0.289. The summed E-state index contributed by atoms with van der Waals surface area (Å²) in [6.07, 6.45) is 0. The van der Waals surface area contributed by atoms with Gasteiger partial charge in [0.1, 0.15) is 0 Å². The van der Waals surface area contributed by atoms with Crippen LogP contribution in [0.15, 0.2) is 206 Å². The van der Waals surface area contributed by atoms with Crippen LogP contribution in [-0.4, -0.2) is 0 Å². The van der Waals surface area contributed by atoms with Gasteiger partial charge in [-0.15, -0.1) is 0 Å². The van der Waals surface area contributed by atoms with Crippen molar-refractivity contribution in [3.8, 4) is 55.6 Å². The monoisotopic (exact) mass is 684 g/mol. The highest BCUT2D eigenvalue weighted by molar-refractivity contribution is 6.11. The van der Waals surface area contributed by atoms with Gasteiger partial charge in [-0.1, -0.05) is 188 Å². The zero-order valence-electron chi connectivity index (χ0n) is 29.8. The molecular weight excluding hydrogens is 649 g/mol. The fourth-order valence-corrected chi connectivity index (χ4v) is 9.51. The van der Waals surface area contributed by atoms with E-state index in [0.717, 1.165) is 0 Å². The largest absolute Gasteiger partial charge is 0.0622 e. The van der Waals surface area contributed by atoms with Crippen molar-refractivity contribution in [3.63, 3.8) is 0 Å². The van der Waals surface area contributed by atoms with Gasteiger partial charge in [-0.2, -0.15) is 0 Å². The molecule has 2 atom stereocenters. The number of benzene rings is 9. The lowest BCUT2D eigenvalue weighted by Crippen LogP contribution is -2.04. The normalized spacial score (nSPS) is 15.0. The topological polar surface area (TPSA) is 0 Å². The van der Waals surface area contributed by atoms with Crippen molar-refractivity contribution >= 4 is 10.8 Å². The molecule has 0 radical (unpaired) electrons. The van der Waals surface area contributed by atoms with E-state index in [1.54, 1.807) is 0 Å². The van der Waals surface area contributed by atoms with Crippen LogP contribution in [0.4, 0.5) is 0 Å². The van der Waals surface area contributed by atoms with Gasteiger partial charge in [0.25, 0.3) is 0 Å². The van der Waals surface area contributed by atoms with E-state index < -0.39 is 0 Å². The molecule has 0 bridgehead atoms. The fraction of sp³-hybridized carbons (Fsp3) is 0.0370. The van der Waals surface area contributed by atoms with Gasteiger partial charge in [-0.05, 0) is 118 Å². The minimum Gasteiger partial charge on any atom is -0.0622 e. The highest BCUT2D eigenvalue weighted by Gasteiger charge is 2.41. The van der Waals surface area contributed by atoms with Crippen molar-refractivity contribution in [1.82, 2.24) is 0 Å². The molecule has 0 aliphatic heterocycles. The Balaban J connectivity index is 1.11. The third-order valence-corrected chi connectivity index (χ3v) is 11.8. The number of hydrogen-bond acceptors (Lipinski definition) is 0. The van der Waals surface area contributed by atoms with E-state index in [-0.39, 0.29) is 11.8 Å². The standard InChI is InChI=1S/C54H36/c1-4-16-35(17-5-1)40-32-41(36-18-6-2-7-19-36)34-42(33-40)37-28-30-39(31-29-37)49-44-23-11-14-26-47(44)53-52(49)48-27-15-13-25-46(48)51-45-24-12-10-22-43(45)50(54(51)53)38-20-8-3-9-21-38/h1-34,49-50H. The summed E-state index contributed by atoms with van der Waals surface area (Å²) in [7, 11) is 0. The maximum atomic E-state index is 2.38. The summed E-state index contributed by atoms with van der Waals surface area (Å²) in [5.41, 5.74) is 21.2. The first-order valence-corrected chi connectivity index (χ1v) is 19.0. The molecule has 9 aromatic rings. The first-order valence-electron chi connectivity index (χ1n) is 19.0. The van der Waals surface area contributed by atoms with Crippen molar-refractivity contribution in [1.29, 1.82) is 0 Å². The van der Waals surface area contributed by atoms with E-state index >= 15 is 0 Å². The molecule has 0 saturated heterocycles. The lowest BCUT2D eigenvalue weighted by atomic mass is 9.80. The van der Waals surface area contributed by atoms with Gasteiger partial charge < -0.3 is 0 Å². The van der Waals surface area contributed by atoms with E-state index in [1.807, 2.05) is 0 Å². The van der Waals surface area contributed by atoms with Gasteiger partial charge in [0.15, 0.2) is 0 Å². The van der Waals surface area contributed by atoms with E-state index in [2.05, 4.69) is 206 Å². The lowest BCUT2D eigenvalue weighted by molar-refractivity contribution is 1.00. The summed E-state index contributed by atoms with van der Waals surface area (Å²) in [6, 6.07) is 76.5. The fourth-order valence-electron chi connectivity index (χ4n) is 9.51. The van der Waals surface area contributed by atoms with Gasteiger partial charge in [0.2, 0.25) is 0 Å². The molecule has 252 valence electrons. The van der Waals surface area contributed by atoms with Gasteiger partial charge >= 0.3 is 0 Å². The van der Waals surface area contributed by atoms with Gasteiger partial charge in [0, 0.05) is 11.8 Å². The molecular formula is C54H36. The molecule has 0 heteroatoms. The first kappa shape index (κ1) is 30.8. The summed E-state index contributed by atoms with van der Waals surface area (Å²) < 4.78 is 0. The smallest absolute Gasteiger partial charge is 0.0358 e. The number of fused-ring (bicyclic) bond motifs is 10. The van der Waals surface area contributed by atoms with Crippen LogP contribution >= 0.6 is 0 Å². The zero-order valence-corrected chi connectivity index (χ0v) is 29.8. The van der Waals surface area contributed by atoms with Crippen molar-refractivity contribution in [3.05, 3.63) is 240 Å². The van der Waals surface area contributed by atoms with Crippen LogP contribution in [0.3, 0.4) is 0 Å². The minimum absolute atomic E-state index is 0.121. The SMILES string of the molecule is c1ccc(-c2cc(-c3ccccc3)cc(-c3ccc(C4c5ccccc5-c5c6c(c7ccccc7c54)-c4ccccc4C6c4ccccc4)cc3)c2)cc1. The molecule has 0 aromatic heterocycles. The third-order valence-electron chi connectivity index (χ3n) is 11.8. The average Bonchev–Trinajstić information content (AvgIpc) is 3.79. The Morgan fingerprint density at radius 3 is 1.24 bits per heavy atom. The van der Waals surface area contributed by atoms with E-state index in [1.165, 1.54) is 99.8 Å². The van der Waals surface area contributed by atoms with E-state index in [0.29, 0.717) is 0 Å². The Morgan fingerprint density at radius 1 is 0.259 bits per heavy atom. The molecule has 0 heterocycles. The molecule has 2 aliphatic carbocycles. The van der Waals surface area contributed by atoms with E-state index in [9.17, 15) is 0 Å². The molecule has 0 nitrogen and oxygen atoms in total. The highest BCUT2D eigenvalue weighted by atomic mass is 14.4. The molecule has 0 spiro atoms. The number of rotatable bonds is 5. The van der Waals surface area contributed by atoms with Crippen molar-refractivity contribution < 1.29 is 0 Å². The predicted molar refractivity (Wildman–Crippen MR) is 226 cm³/mol. The first-order chi connectivity index (χ1) is 26.8. The Bertz CT molecular complexity index is 2790. The Kier molecular flexibility index (Phi) is 7.10. The summed E-state index contributed by atoms with van der Waals surface area (Å²) >= 11 is 0. The molecule has 2 unspecified atom stereocenters. The Labute approximate surface area is 316 Å². The third kappa shape index (κ3) is 4.77. The summed E-state index contributed by atoms with van der Waals surface area (Å²) in [6.45, 7) is 0. The molecule has 11 rings (SSSR count). The maximum Gasteiger partial charge on any atom is 0.0358 e. The molecule has 0 amide bonds. The quantitative estimate of drug-likeness (QED) is 0.169. The maximum absolute atomic E-state index is 2.38. The molecule has 0 saturated carbocycles. The second kappa shape index (κ2) is 12.4. The molecule has 2 aliphatic rings. The Morgan fingerprint density at radius 2 is 0.667 bits per heavy atom. The van der Waals surface area contributed by atoms with Crippen LogP contribution < -0.4 is 0 Å². The zero-order chi connectivity index (χ0) is 35.6. The Hall–Kier alpha value is -6.76. The van der Waals surface area contributed by atoms with Crippen LogP contribution in [0.2, 0.25) is 0 Å². The van der Waals surface area contributed by atoms with Crippen LogP contribution in [-0.2, 0) is 0 Å². The number of hydrogen-bond donors (Lipinski definition) is 0. The van der Waals surface area contributed by atoms with Crippen LogP contribution in [0.1, 0.15) is 45.2 Å². The van der Waals surface area contributed by atoms with Gasteiger partial charge in [-0.3, -0.25) is 0 Å². The van der Waals surface area contributed by atoms with Crippen molar-refractivity contribution in [2.75, 3.05) is 0 Å². The van der Waals surface area contributed by atoms with Crippen LogP contribution in [0.5, 0.6) is 0 Å². The average molecular weight is 685 g/mol. The van der Waals surface area contributed by atoms with Gasteiger partial charge in [-0.25, -0.2) is 0 Å². The molecule has 0 fully saturated rings. The van der Waals surface area contributed by atoms with Crippen molar-refractivity contribution in [2.45, 2.75) is 11.8 Å². The summed E-state index contributed by atoms with van der Waals surface area (Å²) in [4.78, 5) is 0. The minimum atomic E-state index is 0.121. The lowest BCUT2D eigenvalue weighted by Gasteiger charge is -2.22. The highest BCUT2D eigenvalue weighted by Crippen LogP contribution is 2.61. The second-order valence-electron chi connectivity index (χ2n) is 14.7. The molecule has 0 N–H and O–H groups in total. The second-order valence-corrected chi connectivity index (χ2v) is 14.7.